The number of pyridine rings is 1. The number of hydrogen-bond donors (Lipinski definition) is 1. The van der Waals surface area contributed by atoms with Crippen LogP contribution < -0.4 is 10.5 Å². The zero-order valence-electron chi connectivity index (χ0n) is 12.1. The van der Waals surface area contributed by atoms with Crippen LogP contribution in [0.2, 0.25) is 0 Å². The predicted octanol–water partition coefficient (Wildman–Crippen LogP) is 2.40. The van der Waals surface area contributed by atoms with E-state index in [2.05, 4.69) is 4.98 Å². The van der Waals surface area contributed by atoms with Crippen molar-refractivity contribution >= 4 is 17.2 Å². The summed E-state index contributed by atoms with van der Waals surface area (Å²) in [5.41, 5.74) is 8.90. The van der Waals surface area contributed by atoms with Gasteiger partial charge in [-0.15, -0.1) is 0 Å². The number of nitrogens with two attached hydrogens (primary N) is 1. The highest BCUT2D eigenvalue weighted by atomic mass is 32.1. The van der Waals surface area contributed by atoms with Crippen molar-refractivity contribution in [1.82, 2.24) is 4.98 Å². The van der Waals surface area contributed by atoms with Gasteiger partial charge in [-0.25, -0.2) is 4.98 Å². The number of hydrogen-bond acceptors (Lipinski definition) is 4. The Hall–Kier alpha value is -1.20. The van der Waals surface area contributed by atoms with Crippen LogP contribution in [0.1, 0.15) is 43.5 Å². The van der Waals surface area contributed by atoms with Crippen LogP contribution in [-0.4, -0.2) is 29.3 Å². The van der Waals surface area contributed by atoms with E-state index >= 15 is 0 Å². The molecular weight excluding hydrogens is 272 g/mol. The number of aryl methyl sites for hydroxylation is 2. The third kappa shape index (κ3) is 3.90. The third-order valence-electron chi connectivity index (χ3n) is 3.30. The van der Waals surface area contributed by atoms with E-state index in [0.717, 1.165) is 24.1 Å². The van der Waals surface area contributed by atoms with Crippen molar-refractivity contribution in [2.45, 2.75) is 45.6 Å². The summed E-state index contributed by atoms with van der Waals surface area (Å²) in [4.78, 5) is 4.94. The van der Waals surface area contributed by atoms with E-state index in [1.807, 2.05) is 19.9 Å². The molecule has 0 unspecified atom stereocenters. The van der Waals surface area contributed by atoms with Gasteiger partial charge >= 0.3 is 0 Å². The average Bonchev–Trinajstić information content (AvgIpc) is 2.42. The number of rotatable bonds is 6. The summed E-state index contributed by atoms with van der Waals surface area (Å²) in [6, 6.07) is 2.04. The van der Waals surface area contributed by atoms with Crippen molar-refractivity contribution in [3.63, 3.8) is 0 Å². The van der Waals surface area contributed by atoms with E-state index in [4.69, 9.17) is 27.4 Å². The average molecular weight is 294 g/mol. The molecule has 1 aromatic heterocycles. The molecule has 0 aromatic carbocycles. The summed E-state index contributed by atoms with van der Waals surface area (Å²) in [6.45, 7) is 4.99. The number of thiocarbonyl (C=S) groups is 1. The molecule has 0 saturated carbocycles. The molecule has 2 N–H and O–H groups in total. The maximum atomic E-state index is 5.78. The minimum Gasteiger partial charge on any atom is -0.475 e. The Morgan fingerprint density at radius 2 is 2.10 bits per heavy atom. The second-order valence-electron chi connectivity index (χ2n) is 5.29. The molecule has 0 radical (unpaired) electrons. The van der Waals surface area contributed by atoms with Gasteiger partial charge in [0.2, 0.25) is 5.88 Å². The SMILES string of the molecule is CC(C)OCCOc1nc2c(cc1C(N)=S)CCCC2. The largest absolute Gasteiger partial charge is 0.475 e. The molecule has 1 aliphatic rings. The Kier molecular flexibility index (Phi) is 5.31. The van der Waals surface area contributed by atoms with Crippen molar-refractivity contribution in [3.05, 3.63) is 22.9 Å². The van der Waals surface area contributed by atoms with Crippen molar-refractivity contribution in [2.75, 3.05) is 13.2 Å². The topological polar surface area (TPSA) is 57.4 Å². The highest BCUT2D eigenvalue weighted by molar-refractivity contribution is 7.80. The lowest BCUT2D eigenvalue weighted by Gasteiger charge is -2.18. The first-order valence-corrected chi connectivity index (χ1v) is 7.55. The van der Waals surface area contributed by atoms with Gasteiger partial charge in [0.1, 0.15) is 11.6 Å². The van der Waals surface area contributed by atoms with Crippen LogP contribution in [-0.2, 0) is 17.6 Å². The minimum atomic E-state index is 0.199. The van der Waals surface area contributed by atoms with E-state index in [1.165, 1.54) is 18.4 Å². The molecule has 0 amide bonds. The first kappa shape index (κ1) is 15.2. The predicted molar refractivity (Wildman–Crippen MR) is 83.3 cm³/mol. The van der Waals surface area contributed by atoms with Crippen LogP contribution in [0.4, 0.5) is 0 Å². The molecule has 2 rings (SSSR count). The fraction of sp³-hybridized carbons (Fsp3) is 0.600. The van der Waals surface area contributed by atoms with E-state index in [9.17, 15) is 0 Å². The Morgan fingerprint density at radius 3 is 2.80 bits per heavy atom. The first-order valence-electron chi connectivity index (χ1n) is 7.15. The van der Waals surface area contributed by atoms with Crippen LogP contribution in [0.25, 0.3) is 0 Å². The smallest absolute Gasteiger partial charge is 0.224 e. The number of aromatic nitrogens is 1. The van der Waals surface area contributed by atoms with E-state index in [1.54, 1.807) is 0 Å². The fourth-order valence-electron chi connectivity index (χ4n) is 2.32. The van der Waals surface area contributed by atoms with Gasteiger partial charge < -0.3 is 15.2 Å². The van der Waals surface area contributed by atoms with Gasteiger partial charge in [0.25, 0.3) is 0 Å². The molecule has 4 nitrogen and oxygen atoms in total. The third-order valence-corrected chi connectivity index (χ3v) is 3.52. The van der Waals surface area contributed by atoms with E-state index in [-0.39, 0.29) is 6.10 Å². The quantitative estimate of drug-likeness (QED) is 0.645. The second kappa shape index (κ2) is 6.99. The normalized spacial score (nSPS) is 14.2. The minimum absolute atomic E-state index is 0.199. The maximum Gasteiger partial charge on any atom is 0.224 e. The number of nitrogens with zero attached hydrogens (tertiary/aromatic N) is 1. The van der Waals surface area contributed by atoms with E-state index in [0.29, 0.717) is 24.1 Å². The molecular formula is C15H22N2O2S. The van der Waals surface area contributed by atoms with Crippen LogP contribution in [0.3, 0.4) is 0 Å². The van der Waals surface area contributed by atoms with Gasteiger partial charge in [0.15, 0.2) is 0 Å². The summed E-state index contributed by atoms with van der Waals surface area (Å²) >= 11 is 5.10. The molecule has 0 saturated heterocycles. The van der Waals surface area contributed by atoms with Crippen molar-refractivity contribution in [2.24, 2.45) is 5.73 Å². The van der Waals surface area contributed by atoms with E-state index < -0.39 is 0 Å². The van der Waals surface area contributed by atoms with Gasteiger partial charge in [0, 0.05) is 5.69 Å². The van der Waals surface area contributed by atoms with Gasteiger partial charge in [-0.05, 0) is 51.2 Å². The van der Waals surface area contributed by atoms with Gasteiger partial charge in [-0.1, -0.05) is 12.2 Å². The Bertz CT molecular complexity index is 489. The molecule has 5 heteroatoms. The monoisotopic (exact) mass is 294 g/mol. The highest BCUT2D eigenvalue weighted by Gasteiger charge is 2.17. The number of ether oxygens (including phenoxy) is 2. The molecule has 0 aliphatic heterocycles. The van der Waals surface area contributed by atoms with Gasteiger partial charge in [0.05, 0.1) is 18.3 Å². The standard InChI is InChI=1S/C15H22N2O2S/c1-10(2)18-7-8-19-15-12(14(16)20)9-11-5-3-4-6-13(11)17-15/h9-10H,3-8H2,1-2H3,(H2,16,20). The molecule has 20 heavy (non-hydrogen) atoms. The van der Waals surface area contributed by atoms with Gasteiger partial charge in [-0.2, -0.15) is 0 Å². The lowest BCUT2D eigenvalue weighted by molar-refractivity contribution is 0.0541. The summed E-state index contributed by atoms with van der Waals surface area (Å²) in [6.07, 6.45) is 4.64. The maximum absolute atomic E-state index is 5.78. The fourth-order valence-corrected chi connectivity index (χ4v) is 2.47. The van der Waals surface area contributed by atoms with Crippen molar-refractivity contribution in [3.8, 4) is 5.88 Å². The summed E-state index contributed by atoms with van der Waals surface area (Å²) in [5, 5.41) is 0. The second-order valence-corrected chi connectivity index (χ2v) is 5.73. The molecule has 1 heterocycles. The lowest BCUT2D eigenvalue weighted by atomic mass is 9.95. The first-order chi connectivity index (χ1) is 9.58. The summed E-state index contributed by atoms with van der Waals surface area (Å²) in [7, 11) is 0. The Morgan fingerprint density at radius 1 is 1.35 bits per heavy atom. The zero-order valence-corrected chi connectivity index (χ0v) is 13.0. The van der Waals surface area contributed by atoms with Gasteiger partial charge in [-0.3, -0.25) is 0 Å². The van der Waals surface area contributed by atoms with Crippen LogP contribution in [0.15, 0.2) is 6.07 Å². The van der Waals surface area contributed by atoms with Crippen LogP contribution in [0, 0.1) is 0 Å². The summed E-state index contributed by atoms with van der Waals surface area (Å²) in [5.74, 6) is 0.547. The Balaban J connectivity index is 2.11. The molecule has 110 valence electrons. The molecule has 1 aromatic rings. The molecule has 0 bridgehead atoms. The molecule has 0 fully saturated rings. The van der Waals surface area contributed by atoms with Crippen LogP contribution in [0.5, 0.6) is 5.88 Å². The highest BCUT2D eigenvalue weighted by Crippen LogP contribution is 2.26. The van der Waals surface area contributed by atoms with Crippen molar-refractivity contribution in [1.29, 1.82) is 0 Å². The summed E-state index contributed by atoms with van der Waals surface area (Å²) < 4.78 is 11.2. The molecule has 0 atom stereocenters. The molecule has 1 aliphatic carbocycles. The number of fused-ring (bicyclic) bond motifs is 1. The lowest BCUT2D eigenvalue weighted by Crippen LogP contribution is -2.18. The molecule has 0 spiro atoms. The zero-order chi connectivity index (χ0) is 14.5. The van der Waals surface area contributed by atoms with Crippen LogP contribution >= 0.6 is 12.2 Å². The van der Waals surface area contributed by atoms with Crippen molar-refractivity contribution < 1.29 is 9.47 Å². The Labute approximate surface area is 125 Å².